The van der Waals surface area contributed by atoms with E-state index < -0.39 is 0 Å². The summed E-state index contributed by atoms with van der Waals surface area (Å²) >= 11 is 0. The van der Waals surface area contributed by atoms with Gasteiger partial charge >= 0.3 is 0 Å². The van der Waals surface area contributed by atoms with Gasteiger partial charge < -0.3 is 10.0 Å². The first kappa shape index (κ1) is 15.0. The van der Waals surface area contributed by atoms with Crippen LogP contribution in [0.2, 0.25) is 0 Å². The van der Waals surface area contributed by atoms with Crippen molar-refractivity contribution >= 4 is 0 Å². The quantitative estimate of drug-likeness (QED) is 0.772. The summed E-state index contributed by atoms with van der Waals surface area (Å²) < 4.78 is 0. The van der Waals surface area contributed by atoms with Gasteiger partial charge in [-0.1, -0.05) is 34.1 Å². The molecule has 2 nitrogen and oxygen atoms in total. The normalized spacial score (nSPS) is 30.2. The van der Waals surface area contributed by atoms with Crippen LogP contribution < -0.4 is 0 Å². The molecule has 0 spiro atoms. The molecule has 1 fully saturated rings. The lowest BCUT2D eigenvalue weighted by molar-refractivity contribution is 0.0257. The highest BCUT2D eigenvalue weighted by Gasteiger charge is 2.29. The maximum atomic E-state index is 10.1. The molecular weight excluding hydrogens is 210 g/mol. The SMILES string of the molecule is CCC1CCC(O)C(CN(CC)CC(C)C)C1. The second-order valence-corrected chi connectivity index (χ2v) is 6.16. The number of nitrogens with zero attached hydrogens (tertiary/aromatic N) is 1. The van der Waals surface area contributed by atoms with E-state index in [2.05, 4.69) is 32.6 Å². The number of aliphatic hydroxyl groups excluding tert-OH is 1. The summed E-state index contributed by atoms with van der Waals surface area (Å²) in [5.74, 6) is 2.08. The minimum absolute atomic E-state index is 0.0565. The first-order chi connectivity index (χ1) is 8.06. The minimum atomic E-state index is -0.0565. The lowest BCUT2D eigenvalue weighted by atomic mass is 9.78. The molecule has 0 amide bonds. The minimum Gasteiger partial charge on any atom is -0.393 e. The zero-order valence-electron chi connectivity index (χ0n) is 12.2. The Kier molecular flexibility index (Phi) is 6.50. The third-order valence-electron chi connectivity index (χ3n) is 4.19. The second kappa shape index (κ2) is 7.38. The Labute approximate surface area is 107 Å². The van der Waals surface area contributed by atoms with Crippen molar-refractivity contribution in [3.8, 4) is 0 Å². The number of hydrogen-bond donors (Lipinski definition) is 1. The molecule has 0 aromatic carbocycles. The summed E-state index contributed by atoms with van der Waals surface area (Å²) in [5.41, 5.74) is 0. The van der Waals surface area contributed by atoms with Gasteiger partial charge in [-0.15, -0.1) is 0 Å². The van der Waals surface area contributed by atoms with Gasteiger partial charge in [-0.05, 0) is 43.6 Å². The molecule has 1 rings (SSSR count). The van der Waals surface area contributed by atoms with E-state index in [1.54, 1.807) is 0 Å². The lowest BCUT2D eigenvalue weighted by Gasteiger charge is -2.36. The molecule has 1 aliphatic carbocycles. The van der Waals surface area contributed by atoms with Gasteiger partial charge in [0.25, 0.3) is 0 Å². The van der Waals surface area contributed by atoms with Crippen LogP contribution in [0.1, 0.15) is 53.4 Å². The average molecular weight is 241 g/mol. The van der Waals surface area contributed by atoms with Crippen LogP contribution in [0, 0.1) is 17.8 Å². The molecular formula is C15H31NO. The molecule has 0 bridgehead atoms. The van der Waals surface area contributed by atoms with Crippen LogP contribution in [0.3, 0.4) is 0 Å². The van der Waals surface area contributed by atoms with Crippen molar-refractivity contribution < 1.29 is 5.11 Å². The zero-order valence-corrected chi connectivity index (χ0v) is 12.2. The molecule has 2 heteroatoms. The molecule has 3 atom stereocenters. The maximum Gasteiger partial charge on any atom is 0.0580 e. The van der Waals surface area contributed by atoms with E-state index >= 15 is 0 Å². The fraction of sp³-hybridized carbons (Fsp3) is 1.00. The summed E-state index contributed by atoms with van der Waals surface area (Å²) in [5, 5.41) is 10.1. The summed E-state index contributed by atoms with van der Waals surface area (Å²) in [6, 6.07) is 0. The average Bonchev–Trinajstić information content (AvgIpc) is 2.30. The molecule has 1 saturated carbocycles. The van der Waals surface area contributed by atoms with Crippen LogP contribution in [0.5, 0.6) is 0 Å². The molecule has 1 aliphatic rings. The number of rotatable bonds is 6. The number of hydrogen-bond acceptors (Lipinski definition) is 2. The molecule has 0 saturated heterocycles. The zero-order chi connectivity index (χ0) is 12.8. The number of aliphatic hydroxyl groups is 1. The van der Waals surface area contributed by atoms with Crippen LogP contribution in [-0.4, -0.2) is 35.7 Å². The fourth-order valence-electron chi connectivity index (χ4n) is 3.09. The molecule has 0 aliphatic heterocycles. The fourth-order valence-corrected chi connectivity index (χ4v) is 3.09. The van der Waals surface area contributed by atoms with Crippen LogP contribution in [0.25, 0.3) is 0 Å². The van der Waals surface area contributed by atoms with Crippen molar-refractivity contribution in [2.75, 3.05) is 19.6 Å². The largest absolute Gasteiger partial charge is 0.393 e. The summed E-state index contributed by atoms with van der Waals surface area (Å²) in [7, 11) is 0. The molecule has 3 unspecified atom stereocenters. The molecule has 1 N–H and O–H groups in total. The van der Waals surface area contributed by atoms with Crippen molar-refractivity contribution in [1.29, 1.82) is 0 Å². The van der Waals surface area contributed by atoms with Gasteiger partial charge in [-0.25, -0.2) is 0 Å². The van der Waals surface area contributed by atoms with Crippen LogP contribution in [0.4, 0.5) is 0 Å². The van der Waals surface area contributed by atoms with Gasteiger partial charge in [0.15, 0.2) is 0 Å². The summed E-state index contributed by atoms with van der Waals surface area (Å²) in [6.45, 7) is 12.4. The van der Waals surface area contributed by atoms with Crippen molar-refractivity contribution in [2.24, 2.45) is 17.8 Å². The third kappa shape index (κ3) is 4.97. The summed E-state index contributed by atoms with van der Waals surface area (Å²) in [4.78, 5) is 2.51. The van der Waals surface area contributed by atoms with Gasteiger partial charge in [0.05, 0.1) is 6.10 Å². The first-order valence-electron chi connectivity index (χ1n) is 7.47. The van der Waals surface area contributed by atoms with E-state index in [1.165, 1.54) is 19.3 Å². The lowest BCUT2D eigenvalue weighted by Crippen LogP contribution is -2.40. The Morgan fingerprint density at radius 2 is 1.94 bits per heavy atom. The highest BCUT2D eigenvalue weighted by Crippen LogP contribution is 2.31. The highest BCUT2D eigenvalue weighted by atomic mass is 16.3. The van der Waals surface area contributed by atoms with Gasteiger partial charge in [0.2, 0.25) is 0 Å². The molecule has 0 heterocycles. The van der Waals surface area contributed by atoms with Crippen molar-refractivity contribution in [3.63, 3.8) is 0 Å². The Hall–Kier alpha value is -0.0800. The van der Waals surface area contributed by atoms with E-state index in [-0.39, 0.29) is 6.10 Å². The van der Waals surface area contributed by atoms with E-state index in [0.29, 0.717) is 5.92 Å². The van der Waals surface area contributed by atoms with Crippen molar-refractivity contribution in [2.45, 2.75) is 59.5 Å². The Balaban J connectivity index is 2.45. The smallest absolute Gasteiger partial charge is 0.0580 e. The van der Waals surface area contributed by atoms with Crippen molar-refractivity contribution in [3.05, 3.63) is 0 Å². The highest BCUT2D eigenvalue weighted by molar-refractivity contribution is 4.81. The first-order valence-corrected chi connectivity index (χ1v) is 7.47. The van der Waals surface area contributed by atoms with Crippen LogP contribution >= 0.6 is 0 Å². The molecule has 102 valence electrons. The van der Waals surface area contributed by atoms with E-state index in [0.717, 1.165) is 37.9 Å². The Bertz CT molecular complexity index is 205. The predicted octanol–water partition coefficient (Wildman–Crippen LogP) is 3.15. The predicted molar refractivity (Wildman–Crippen MR) is 74.1 cm³/mol. The van der Waals surface area contributed by atoms with E-state index in [4.69, 9.17) is 0 Å². The maximum absolute atomic E-state index is 10.1. The Morgan fingerprint density at radius 3 is 2.47 bits per heavy atom. The van der Waals surface area contributed by atoms with Crippen LogP contribution in [-0.2, 0) is 0 Å². The third-order valence-corrected chi connectivity index (χ3v) is 4.19. The van der Waals surface area contributed by atoms with Crippen LogP contribution in [0.15, 0.2) is 0 Å². The molecule has 0 aromatic heterocycles. The van der Waals surface area contributed by atoms with Crippen molar-refractivity contribution in [1.82, 2.24) is 4.90 Å². The van der Waals surface area contributed by atoms with Gasteiger partial charge in [-0.2, -0.15) is 0 Å². The van der Waals surface area contributed by atoms with E-state index in [9.17, 15) is 5.11 Å². The Morgan fingerprint density at radius 1 is 1.24 bits per heavy atom. The second-order valence-electron chi connectivity index (χ2n) is 6.16. The van der Waals surface area contributed by atoms with Gasteiger partial charge in [-0.3, -0.25) is 0 Å². The van der Waals surface area contributed by atoms with Gasteiger partial charge in [0.1, 0.15) is 0 Å². The topological polar surface area (TPSA) is 23.5 Å². The standard InChI is InChI=1S/C15H31NO/c1-5-13-7-8-15(17)14(9-13)11-16(6-2)10-12(3)4/h12-15,17H,5-11H2,1-4H3. The van der Waals surface area contributed by atoms with Gasteiger partial charge in [0, 0.05) is 13.1 Å². The molecule has 0 radical (unpaired) electrons. The molecule has 0 aromatic rings. The van der Waals surface area contributed by atoms with E-state index in [1.807, 2.05) is 0 Å². The monoisotopic (exact) mass is 241 g/mol. The molecule has 17 heavy (non-hydrogen) atoms. The summed E-state index contributed by atoms with van der Waals surface area (Å²) in [6.07, 6.45) is 4.69.